The number of aromatic nitrogens is 4. The van der Waals surface area contributed by atoms with Gasteiger partial charge in [-0.2, -0.15) is 4.68 Å². The van der Waals surface area contributed by atoms with E-state index in [1.807, 2.05) is 56.3 Å². The molecule has 7 nitrogen and oxygen atoms in total. The summed E-state index contributed by atoms with van der Waals surface area (Å²) in [7, 11) is 0. The molecule has 0 bridgehead atoms. The van der Waals surface area contributed by atoms with Crippen molar-refractivity contribution in [1.82, 2.24) is 25.5 Å². The normalized spacial score (nSPS) is 11.8. The number of nitrogens with one attached hydrogen (secondary N) is 1. The number of hydrogen-bond acceptors (Lipinski definition) is 6. The van der Waals surface area contributed by atoms with Crippen LogP contribution in [0.4, 0.5) is 0 Å². The van der Waals surface area contributed by atoms with E-state index in [1.54, 1.807) is 4.68 Å². The molecule has 0 aliphatic heterocycles. The first kappa shape index (κ1) is 20.7. The molecule has 1 aromatic heterocycles. The Morgan fingerprint density at radius 3 is 2.59 bits per heavy atom. The first-order valence-electron chi connectivity index (χ1n) is 9.26. The Kier molecular flexibility index (Phi) is 6.77. The molecule has 0 unspecified atom stereocenters. The zero-order valence-corrected chi connectivity index (χ0v) is 17.4. The highest BCUT2D eigenvalue weighted by molar-refractivity contribution is 7.99. The van der Waals surface area contributed by atoms with Gasteiger partial charge in [-0.15, -0.1) is 5.10 Å². The van der Waals surface area contributed by atoms with Crippen LogP contribution in [-0.2, 0) is 16.0 Å². The minimum Gasteiger partial charge on any atom is -0.345 e. The van der Waals surface area contributed by atoms with Gasteiger partial charge < -0.3 is 5.32 Å². The first-order valence-corrected chi connectivity index (χ1v) is 10.2. The molecule has 0 aliphatic rings. The van der Waals surface area contributed by atoms with Crippen molar-refractivity contribution < 1.29 is 9.59 Å². The lowest BCUT2D eigenvalue weighted by Crippen LogP contribution is -2.42. The summed E-state index contributed by atoms with van der Waals surface area (Å²) in [6, 6.07) is 15.1. The molecule has 0 aliphatic carbocycles. The van der Waals surface area contributed by atoms with Gasteiger partial charge in [0.1, 0.15) is 0 Å². The van der Waals surface area contributed by atoms with Crippen molar-refractivity contribution in [1.29, 1.82) is 0 Å². The molecular weight excluding hydrogens is 386 g/mol. The maximum Gasteiger partial charge on any atom is 0.231 e. The number of hydrogen-bond donors (Lipinski definition) is 1. The Morgan fingerprint density at radius 2 is 1.90 bits per heavy atom. The van der Waals surface area contributed by atoms with Crippen LogP contribution in [0.15, 0.2) is 53.7 Å². The topological polar surface area (TPSA) is 89.8 Å². The third kappa shape index (κ3) is 5.51. The second-order valence-corrected chi connectivity index (χ2v) is 7.81. The Labute approximate surface area is 173 Å². The summed E-state index contributed by atoms with van der Waals surface area (Å²) in [5.74, 6) is -0.197. The number of aryl methyl sites for hydroxylation is 2. The highest BCUT2D eigenvalue weighted by atomic mass is 32.2. The highest BCUT2D eigenvalue weighted by Gasteiger charge is 2.19. The van der Waals surface area contributed by atoms with Crippen molar-refractivity contribution >= 4 is 23.5 Å². The monoisotopic (exact) mass is 409 g/mol. The van der Waals surface area contributed by atoms with Gasteiger partial charge in [0.2, 0.25) is 11.1 Å². The Balaban J connectivity index is 1.63. The highest BCUT2D eigenvalue weighted by Crippen LogP contribution is 2.21. The first-order chi connectivity index (χ1) is 13.9. The molecule has 0 spiro atoms. The molecule has 1 amide bonds. The van der Waals surface area contributed by atoms with E-state index in [9.17, 15) is 9.59 Å². The second-order valence-electron chi connectivity index (χ2n) is 6.87. The predicted molar refractivity (Wildman–Crippen MR) is 112 cm³/mol. The third-order valence-electron chi connectivity index (χ3n) is 4.46. The fourth-order valence-corrected chi connectivity index (χ4v) is 3.67. The van der Waals surface area contributed by atoms with Crippen LogP contribution in [0.25, 0.3) is 5.69 Å². The van der Waals surface area contributed by atoms with Crippen LogP contribution in [0.5, 0.6) is 0 Å². The quantitative estimate of drug-likeness (QED) is 0.576. The summed E-state index contributed by atoms with van der Waals surface area (Å²) >= 11 is 1.23. The smallest absolute Gasteiger partial charge is 0.231 e. The number of benzene rings is 2. The van der Waals surface area contributed by atoms with Crippen LogP contribution in [0, 0.1) is 13.8 Å². The average molecular weight is 410 g/mol. The number of thioether (sulfide) groups is 1. The average Bonchev–Trinajstić information content (AvgIpc) is 3.15. The van der Waals surface area contributed by atoms with Gasteiger partial charge in [-0.25, -0.2) is 0 Å². The predicted octanol–water partition coefficient (Wildman–Crippen LogP) is 2.69. The van der Waals surface area contributed by atoms with E-state index in [0.717, 1.165) is 22.4 Å². The van der Waals surface area contributed by atoms with E-state index in [4.69, 9.17) is 0 Å². The van der Waals surface area contributed by atoms with E-state index >= 15 is 0 Å². The van der Waals surface area contributed by atoms with Crippen LogP contribution in [0.2, 0.25) is 0 Å². The van der Waals surface area contributed by atoms with E-state index in [2.05, 4.69) is 26.9 Å². The molecule has 1 heterocycles. The van der Waals surface area contributed by atoms with Gasteiger partial charge >= 0.3 is 0 Å². The lowest BCUT2D eigenvalue weighted by molar-refractivity contribution is -0.125. The van der Waals surface area contributed by atoms with Crippen molar-refractivity contribution in [2.75, 3.05) is 5.75 Å². The number of nitrogens with zero attached hydrogens (tertiary/aromatic N) is 4. The van der Waals surface area contributed by atoms with E-state index < -0.39 is 6.04 Å². The fourth-order valence-electron chi connectivity index (χ4n) is 2.98. The van der Waals surface area contributed by atoms with Crippen LogP contribution in [-0.4, -0.2) is 43.7 Å². The Bertz CT molecular complexity index is 1000. The number of amides is 1. The largest absolute Gasteiger partial charge is 0.345 e. The molecule has 1 atom stereocenters. The number of carbonyl (C=O) groups is 2. The van der Waals surface area contributed by atoms with Crippen molar-refractivity contribution in [3.8, 4) is 5.69 Å². The second kappa shape index (κ2) is 9.47. The molecule has 3 aromatic rings. The van der Waals surface area contributed by atoms with Gasteiger partial charge in [-0.05, 0) is 54.8 Å². The van der Waals surface area contributed by atoms with E-state index in [0.29, 0.717) is 11.6 Å². The Hall–Kier alpha value is -3.00. The van der Waals surface area contributed by atoms with Gasteiger partial charge in [0, 0.05) is 0 Å². The van der Waals surface area contributed by atoms with Crippen LogP contribution < -0.4 is 5.32 Å². The summed E-state index contributed by atoms with van der Waals surface area (Å²) in [6.45, 7) is 5.51. The number of tetrazole rings is 1. The molecular formula is C21H23N5O2S. The van der Waals surface area contributed by atoms with Gasteiger partial charge in [0.05, 0.1) is 17.5 Å². The summed E-state index contributed by atoms with van der Waals surface area (Å²) < 4.78 is 1.62. The molecule has 2 aromatic carbocycles. The summed E-state index contributed by atoms with van der Waals surface area (Å²) in [4.78, 5) is 24.4. The van der Waals surface area contributed by atoms with Crippen LogP contribution in [0.3, 0.4) is 0 Å². The standard InChI is InChI=1S/C21H23N5O2S/c1-14-9-10-19(15(2)11-14)26-21(23-24-25-26)29-13-20(28)22-18(16(3)27)12-17-7-5-4-6-8-17/h4-11,18H,12-13H2,1-3H3,(H,22,28)/t18-/m0/s1. The molecule has 3 rings (SSSR count). The summed E-state index contributed by atoms with van der Waals surface area (Å²) in [5, 5.41) is 15.2. The molecule has 0 saturated heterocycles. The van der Waals surface area contributed by atoms with Crippen molar-refractivity contribution in [3.05, 3.63) is 65.2 Å². The molecule has 150 valence electrons. The molecule has 0 fully saturated rings. The SMILES string of the molecule is CC(=O)[C@H](Cc1ccccc1)NC(=O)CSc1nnnn1-c1ccc(C)cc1C. The van der Waals surface area contributed by atoms with E-state index in [1.165, 1.54) is 18.7 Å². The molecule has 0 saturated carbocycles. The number of ketones is 1. The molecule has 0 radical (unpaired) electrons. The number of rotatable bonds is 8. The van der Waals surface area contributed by atoms with Gasteiger partial charge in [0.15, 0.2) is 5.78 Å². The van der Waals surface area contributed by atoms with Gasteiger partial charge in [-0.3, -0.25) is 9.59 Å². The van der Waals surface area contributed by atoms with Gasteiger partial charge in [-0.1, -0.05) is 59.8 Å². The number of Topliss-reactive ketones (excluding diaryl/α,β-unsaturated/α-hetero) is 1. The summed E-state index contributed by atoms with van der Waals surface area (Å²) in [6.07, 6.45) is 0.465. The van der Waals surface area contributed by atoms with Crippen molar-refractivity contribution in [2.24, 2.45) is 0 Å². The maximum atomic E-state index is 12.4. The lowest BCUT2D eigenvalue weighted by Gasteiger charge is -2.16. The van der Waals surface area contributed by atoms with E-state index in [-0.39, 0.29) is 17.4 Å². The van der Waals surface area contributed by atoms with Crippen molar-refractivity contribution in [2.45, 2.75) is 38.4 Å². The third-order valence-corrected chi connectivity index (χ3v) is 5.38. The fraction of sp³-hybridized carbons (Fsp3) is 0.286. The van der Waals surface area contributed by atoms with Gasteiger partial charge in [0.25, 0.3) is 0 Å². The Morgan fingerprint density at radius 1 is 1.14 bits per heavy atom. The zero-order chi connectivity index (χ0) is 20.8. The minimum absolute atomic E-state index is 0.0766. The molecule has 29 heavy (non-hydrogen) atoms. The summed E-state index contributed by atoms with van der Waals surface area (Å²) in [5.41, 5.74) is 4.07. The lowest BCUT2D eigenvalue weighted by atomic mass is 10.0. The van der Waals surface area contributed by atoms with Crippen molar-refractivity contribution in [3.63, 3.8) is 0 Å². The van der Waals surface area contributed by atoms with Crippen LogP contribution >= 0.6 is 11.8 Å². The maximum absolute atomic E-state index is 12.4. The van der Waals surface area contributed by atoms with Crippen LogP contribution in [0.1, 0.15) is 23.6 Å². The molecule has 1 N–H and O–H groups in total. The number of carbonyl (C=O) groups excluding carboxylic acids is 2. The zero-order valence-electron chi connectivity index (χ0n) is 16.6. The minimum atomic E-state index is -0.555. The molecule has 8 heteroatoms.